The van der Waals surface area contributed by atoms with Gasteiger partial charge in [-0.2, -0.15) is 0 Å². The molecule has 0 unspecified atom stereocenters. The van der Waals surface area contributed by atoms with Crippen LogP contribution < -0.4 is 0 Å². The van der Waals surface area contributed by atoms with E-state index in [1.54, 1.807) is 12.1 Å². The van der Waals surface area contributed by atoms with Crippen molar-refractivity contribution in [1.29, 1.82) is 0 Å². The van der Waals surface area contributed by atoms with E-state index in [4.69, 9.17) is 0 Å². The van der Waals surface area contributed by atoms with Gasteiger partial charge in [-0.3, -0.25) is 0 Å². The molecule has 1 heterocycles. The molecule has 0 amide bonds. The molecule has 2 aromatic carbocycles. The Hall–Kier alpha value is -1.79. The van der Waals surface area contributed by atoms with Gasteiger partial charge in [0.2, 0.25) is 0 Å². The number of hydrogen-bond acceptors (Lipinski definition) is 3. The average molecular weight is 363 g/mol. The lowest BCUT2D eigenvalue weighted by molar-refractivity contribution is 0.261. The molecule has 0 aliphatic rings. The van der Waals surface area contributed by atoms with Crippen molar-refractivity contribution in [3.8, 4) is 0 Å². The molecule has 0 fully saturated rings. The van der Waals surface area contributed by atoms with Gasteiger partial charge in [0.25, 0.3) is 0 Å². The second-order valence-electron chi connectivity index (χ2n) is 5.44. The lowest BCUT2D eigenvalue weighted by atomic mass is 10.1. The summed E-state index contributed by atoms with van der Waals surface area (Å²) in [5.41, 5.74) is 2.72. The van der Waals surface area contributed by atoms with Crippen LogP contribution in [0.5, 0.6) is 0 Å². The van der Waals surface area contributed by atoms with E-state index >= 15 is 0 Å². The fourth-order valence-electron chi connectivity index (χ4n) is 2.52. The summed E-state index contributed by atoms with van der Waals surface area (Å²) >= 11 is 3.47. The molecule has 0 saturated heterocycles. The van der Waals surface area contributed by atoms with Crippen LogP contribution in [0.15, 0.2) is 46.9 Å². The van der Waals surface area contributed by atoms with Gasteiger partial charge in [0.05, 0.1) is 18.1 Å². The van der Waals surface area contributed by atoms with Crippen molar-refractivity contribution in [3.05, 3.63) is 58.3 Å². The summed E-state index contributed by atoms with van der Waals surface area (Å²) in [4.78, 5) is 2.06. The van der Waals surface area contributed by atoms with Crippen LogP contribution in [0.3, 0.4) is 0 Å². The monoisotopic (exact) mass is 362 g/mol. The number of likely N-dealkylation sites (N-methyl/N-ethyl adjacent to an activating group) is 1. The maximum Gasteiger partial charge on any atom is 0.123 e. The van der Waals surface area contributed by atoms with Gasteiger partial charge in [0, 0.05) is 4.47 Å². The molecule has 0 bridgehead atoms. The van der Waals surface area contributed by atoms with E-state index in [0.29, 0.717) is 6.54 Å². The molecule has 3 rings (SSSR count). The van der Waals surface area contributed by atoms with Crippen LogP contribution in [0.4, 0.5) is 4.39 Å². The maximum atomic E-state index is 13.5. The second-order valence-corrected chi connectivity index (χ2v) is 6.35. The minimum atomic E-state index is -0.226. The van der Waals surface area contributed by atoms with Crippen molar-refractivity contribution >= 4 is 27.0 Å². The Morgan fingerprint density at radius 1 is 1.23 bits per heavy atom. The second kappa shape index (κ2) is 6.14. The summed E-state index contributed by atoms with van der Waals surface area (Å²) in [6, 6.07) is 12.6. The van der Waals surface area contributed by atoms with Crippen molar-refractivity contribution in [2.24, 2.45) is 0 Å². The first kappa shape index (κ1) is 15.1. The number of nitrogens with zero attached hydrogens (tertiary/aromatic N) is 4. The lowest BCUT2D eigenvalue weighted by Crippen LogP contribution is -2.25. The summed E-state index contributed by atoms with van der Waals surface area (Å²) < 4.78 is 16.4. The molecule has 1 aromatic heterocycles. The van der Waals surface area contributed by atoms with Crippen molar-refractivity contribution < 1.29 is 4.39 Å². The fraction of sp³-hybridized carbons (Fsp3) is 0.250. The van der Waals surface area contributed by atoms with Gasteiger partial charge in [-0.05, 0) is 50.0 Å². The topological polar surface area (TPSA) is 34.0 Å². The summed E-state index contributed by atoms with van der Waals surface area (Å²) in [6.07, 6.45) is 0. The maximum absolute atomic E-state index is 13.5. The zero-order chi connectivity index (χ0) is 15.7. The predicted molar refractivity (Wildman–Crippen MR) is 88.1 cm³/mol. The molecule has 22 heavy (non-hydrogen) atoms. The number of rotatable bonds is 4. The summed E-state index contributed by atoms with van der Waals surface area (Å²) in [5, 5.41) is 8.41. The Balaban J connectivity index is 1.98. The highest BCUT2D eigenvalue weighted by atomic mass is 79.9. The third-order valence-electron chi connectivity index (χ3n) is 3.68. The Labute approximate surface area is 136 Å². The van der Waals surface area contributed by atoms with Gasteiger partial charge < -0.3 is 4.90 Å². The number of fused-ring (bicyclic) bond motifs is 1. The highest BCUT2D eigenvalue weighted by Gasteiger charge is 2.17. The van der Waals surface area contributed by atoms with Crippen LogP contribution in [-0.4, -0.2) is 34.0 Å². The van der Waals surface area contributed by atoms with E-state index in [0.717, 1.165) is 21.1 Å². The van der Waals surface area contributed by atoms with Gasteiger partial charge in [-0.1, -0.05) is 33.3 Å². The molecule has 6 heteroatoms. The Bertz CT molecular complexity index is 800. The molecule has 0 N–H and O–H groups in total. The highest BCUT2D eigenvalue weighted by molar-refractivity contribution is 9.10. The Morgan fingerprint density at radius 2 is 2.05 bits per heavy atom. The standard InChI is InChI=1S/C16H16BrFN4/c1-21(2)16(11-4-3-5-13(18)8-11)10-22-15-9-12(17)6-7-14(15)19-20-22/h3-9,16H,10H2,1-2H3/t16-/m1/s1. The molecular formula is C16H16BrFN4. The summed E-state index contributed by atoms with van der Waals surface area (Å²) in [5.74, 6) is -0.226. The molecule has 0 spiro atoms. The molecule has 1 atom stereocenters. The van der Waals surface area contributed by atoms with E-state index in [2.05, 4.69) is 31.1 Å². The van der Waals surface area contributed by atoms with E-state index in [1.165, 1.54) is 6.07 Å². The van der Waals surface area contributed by atoms with Gasteiger partial charge in [0.1, 0.15) is 11.3 Å². The third kappa shape index (κ3) is 3.03. The van der Waals surface area contributed by atoms with Crippen LogP contribution in [0.1, 0.15) is 11.6 Å². The first-order chi connectivity index (χ1) is 10.5. The predicted octanol–water partition coefficient (Wildman–Crippen LogP) is 3.64. The van der Waals surface area contributed by atoms with Crippen LogP contribution in [-0.2, 0) is 6.54 Å². The van der Waals surface area contributed by atoms with Crippen molar-refractivity contribution in [1.82, 2.24) is 19.9 Å². The minimum Gasteiger partial charge on any atom is -0.301 e. The quantitative estimate of drug-likeness (QED) is 0.710. The minimum absolute atomic E-state index is 0.0135. The molecule has 4 nitrogen and oxygen atoms in total. The number of benzene rings is 2. The zero-order valence-corrected chi connectivity index (χ0v) is 14.0. The molecule has 0 aliphatic carbocycles. The van der Waals surface area contributed by atoms with Crippen LogP contribution >= 0.6 is 15.9 Å². The first-order valence-corrected chi connectivity index (χ1v) is 7.74. The van der Waals surface area contributed by atoms with Crippen molar-refractivity contribution in [2.75, 3.05) is 14.1 Å². The molecule has 3 aromatic rings. The van der Waals surface area contributed by atoms with Gasteiger partial charge in [0.15, 0.2) is 0 Å². The highest BCUT2D eigenvalue weighted by Crippen LogP contribution is 2.24. The van der Waals surface area contributed by atoms with Gasteiger partial charge >= 0.3 is 0 Å². The summed E-state index contributed by atoms with van der Waals surface area (Å²) in [7, 11) is 3.95. The molecule has 0 saturated carbocycles. The van der Waals surface area contributed by atoms with E-state index < -0.39 is 0 Å². The zero-order valence-electron chi connectivity index (χ0n) is 12.4. The molecule has 114 valence electrons. The SMILES string of the molecule is CN(C)[C@H](Cn1nnc2ccc(Br)cc21)c1cccc(F)c1. The number of aromatic nitrogens is 3. The first-order valence-electron chi connectivity index (χ1n) is 6.95. The average Bonchev–Trinajstić information content (AvgIpc) is 2.86. The third-order valence-corrected chi connectivity index (χ3v) is 4.17. The smallest absolute Gasteiger partial charge is 0.123 e. The lowest BCUT2D eigenvalue weighted by Gasteiger charge is -2.24. The van der Waals surface area contributed by atoms with Crippen molar-refractivity contribution in [2.45, 2.75) is 12.6 Å². The molecule has 0 aliphatic heterocycles. The fourth-order valence-corrected chi connectivity index (χ4v) is 2.87. The van der Waals surface area contributed by atoms with Gasteiger partial charge in [-0.15, -0.1) is 5.10 Å². The van der Waals surface area contributed by atoms with E-state index in [9.17, 15) is 4.39 Å². The van der Waals surface area contributed by atoms with E-state index in [-0.39, 0.29) is 11.9 Å². The van der Waals surface area contributed by atoms with Crippen molar-refractivity contribution in [3.63, 3.8) is 0 Å². The van der Waals surface area contributed by atoms with Gasteiger partial charge in [-0.25, -0.2) is 9.07 Å². The normalized spacial score (nSPS) is 13.0. The summed E-state index contributed by atoms with van der Waals surface area (Å²) in [6.45, 7) is 0.601. The number of hydrogen-bond donors (Lipinski definition) is 0. The molecular weight excluding hydrogens is 347 g/mol. The van der Waals surface area contributed by atoms with Crippen LogP contribution in [0.2, 0.25) is 0 Å². The largest absolute Gasteiger partial charge is 0.301 e. The molecule has 0 radical (unpaired) electrons. The Kier molecular flexibility index (Phi) is 4.22. The van der Waals surface area contributed by atoms with Crippen LogP contribution in [0.25, 0.3) is 11.0 Å². The van der Waals surface area contributed by atoms with E-state index in [1.807, 2.05) is 43.0 Å². The number of halogens is 2. The van der Waals surface area contributed by atoms with Crippen LogP contribution in [0, 0.1) is 5.82 Å². The Morgan fingerprint density at radius 3 is 2.77 bits per heavy atom.